The molecule has 0 saturated heterocycles. The summed E-state index contributed by atoms with van der Waals surface area (Å²) in [6.45, 7) is 4.45. The molecule has 5 rings (SSSR count). The lowest BCUT2D eigenvalue weighted by atomic mass is 9.73. The minimum atomic E-state index is 0.0978. The van der Waals surface area contributed by atoms with Gasteiger partial charge in [0.1, 0.15) is 0 Å². The van der Waals surface area contributed by atoms with Crippen molar-refractivity contribution in [1.29, 1.82) is 0 Å². The fourth-order valence-corrected chi connectivity index (χ4v) is 4.26. The Kier molecular flexibility index (Phi) is 4.24. The number of fused-ring (bicyclic) bond motifs is 2. The topological polar surface area (TPSA) is 3.24 Å². The van der Waals surface area contributed by atoms with Crippen molar-refractivity contribution >= 4 is 22.1 Å². The molecule has 0 radical (unpaired) electrons. The summed E-state index contributed by atoms with van der Waals surface area (Å²) >= 11 is 0. The molecule has 142 valence electrons. The number of allylic oxidation sites excluding steroid dienone is 7. The summed E-state index contributed by atoms with van der Waals surface area (Å²) < 4.78 is 0. The smallest absolute Gasteiger partial charge is 0.0467 e. The molecule has 0 aromatic heterocycles. The van der Waals surface area contributed by atoms with Crippen LogP contribution in [0.3, 0.4) is 0 Å². The van der Waals surface area contributed by atoms with Crippen LogP contribution < -0.4 is 4.90 Å². The van der Waals surface area contributed by atoms with E-state index in [0.717, 1.165) is 6.42 Å². The molecule has 0 aliphatic heterocycles. The number of aryl methyl sites for hydroxylation is 1. The van der Waals surface area contributed by atoms with Crippen molar-refractivity contribution in [2.45, 2.75) is 20.3 Å². The fraction of sp³-hybridized carbons (Fsp3) is 0.143. The van der Waals surface area contributed by atoms with Gasteiger partial charge in [-0.05, 0) is 60.0 Å². The van der Waals surface area contributed by atoms with E-state index in [0.29, 0.717) is 0 Å². The monoisotopic (exact) mass is 375 g/mol. The van der Waals surface area contributed by atoms with E-state index in [1.807, 2.05) is 0 Å². The van der Waals surface area contributed by atoms with E-state index in [9.17, 15) is 0 Å². The summed E-state index contributed by atoms with van der Waals surface area (Å²) in [4.78, 5) is 2.38. The van der Waals surface area contributed by atoms with Crippen molar-refractivity contribution in [3.63, 3.8) is 0 Å². The Labute approximate surface area is 173 Å². The minimum absolute atomic E-state index is 0.0978. The first-order valence-corrected chi connectivity index (χ1v) is 10.3. The second kappa shape index (κ2) is 6.93. The average molecular weight is 376 g/mol. The molecule has 29 heavy (non-hydrogen) atoms. The van der Waals surface area contributed by atoms with Gasteiger partial charge in [0.2, 0.25) is 0 Å². The zero-order chi connectivity index (χ0) is 19.8. The third-order valence-corrected chi connectivity index (χ3v) is 6.09. The summed E-state index contributed by atoms with van der Waals surface area (Å²) in [6.07, 6.45) is 14.6. The van der Waals surface area contributed by atoms with Gasteiger partial charge < -0.3 is 4.90 Å². The molecule has 1 nitrogen and oxygen atoms in total. The molecule has 0 saturated carbocycles. The van der Waals surface area contributed by atoms with Gasteiger partial charge in [-0.25, -0.2) is 0 Å². The van der Waals surface area contributed by atoms with E-state index in [4.69, 9.17) is 0 Å². The highest BCUT2D eigenvalue weighted by Gasteiger charge is 2.29. The predicted octanol–water partition coefficient (Wildman–Crippen LogP) is 7.63. The standard InChI is InChI=1S/C28H25N/c1-21-10-13-25(14-11-21)29(26-15-12-22-7-3-4-8-23(22)19-26)27-16-18-28(2)17-6-5-9-24(28)20-27/h3-17,19-20H,18H2,1-2H3. The van der Waals surface area contributed by atoms with Crippen LogP contribution in [-0.4, -0.2) is 0 Å². The van der Waals surface area contributed by atoms with Crippen molar-refractivity contribution < 1.29 is 0 Å². The zero-order valence-electron chi connectivity index (χ0n) is 17.0. The Morgan fingerprint density at radius 1 is 0.828 bits per heavy atom. The number of anilines is 2. The molecule has 0 fully saturated rings. The van der Waals surface area contributed by atoms with Gasteiger partial charge in [0.15, 0.2) is 0 Å². The van der Waals surface area contributed by atoms with Crippen molar-refractivity contribution in [3.8, 4) is 0 Å². The minimum Gasteiger partial charge on any atom is -0.311 e. The molecular weight excluding hydrogens is 350 g/mol. The SMILES string of the molecule is Cc1ccc(N(C2=CCC3(C)C=CC=CC3=C2)c2ccc3ccccc3c2)cc1. The van der Waals surface area contributed by atoms with Crippen LogP contribution in [0.1, 0.15) is 18.9 Å². The lowest BCUT2D eigenvalue weighted by Gasteiger charge is -2.36. The largest absolute Gasteiger partial charge is 0.311 e. The normalized spacial score (nSPS) is 20.2. The van der Waals surface area contributed by atoms with E-state index in [1.165, 1.54) is 39.0 Å². The van der Waals surface area contributed by atoms with Gasteiger partial charge in [0.25, 0.3) is 0 Å². The van der Waals surface area contributed by atoms with Crippen LogP contribution in [0.5, 0.6) is 0 Å². The van der Waals surface area contributed by atoms with Crippen LogP contribution in [0, 0.1) is 12.3 Å². The van der Waals surface area contributed by atoms with Crippen LogP contribution in [0.2, 0.25) is 0 Å². The van der Waals surface area contributed by atoms with Crippen LogP contribution in [0.15, 0.2) is 114 Å². The van der Waals surface area contributed by atoms with E-state index < -0.39 is 0 Å². The Morgan fingerprint density at radius 2 is 1.59 bits per heavy atom. The molecule has 2 aliphatic rings. The highest BCUT2D eigenvalue weighted by Crippen LogP contribution is 2.43. The molecule has 0 N–H and O–H groups in total. The van der Waals surface area contributed by atoms with E-state index >= 15 is 0 Å². The average Bonchev–Trinajstić information content (AvgIpc) is 2.75. The molecular formula is C28H25N. The Balaban J connectivity index is 1.65. The Hall–Kier alpha value is -3.32. The zero-order valence-corrected chi connectivity index (χ0v) is 17.0. The summed E-state index contributed by atoms with van der Waals surface area (Å²) in [7, 11) is 0. The molecule has 2 aliphatic carbocycles. The molecule has 0 heterocycles. The second-order valence-corrected chi connectivity index (χ2v) is 8.27. The van der Waals surface area contributed by atoms with E-state index in [-0.39, 0.29) is 5.41 Å². The van der Waals surface area contributed by atoms with Gasteiger partial charge >= 0.3 is 0 Å². The molecule has 1 heteroatoms. The molecule has 3 aromatic rings. The maximum absolute atomic E-state index is 2.38. The molecule has 0 bridgehead atoms. The number of hydrogen-bond acceptors (Lipinski definition) is 1. The second-order valence-electron chi connectivity index (χ2n) is 8.27. The predicted molar refractivity (Wildman–Crippen MR) is 124 cm³/mol. The molecule has 0 spiro atoms. The van der Waals surface area contributed by atoms with Gasteiger partial charge in [-0.2, -0.15) is 0 Å². The van der Waals surface area contributed by atoms with Gasteiger partial charge in [-0.15, -0.1) is 0 Å². The quantitative estimate of drug-likeness (QED) is 0.455. The van der Waals surface area contributed by atoms with Crippen molar-refractivity contribution in [2.75, 3.05) is 4.90 Å². The number of nitrogens with zero attached hydrogens (tertiary/aromatic N) is 1. The summed E-state index contributed by atoms with van der Waals surface area (Å²) in [5.41, 5.74) is 6.35. The fourth-order valence-electron chi connectivity index (χ4n) is 4.26. The maximum atomic E-state index is 2.38. The lowest BCUT2D eigenvalue weighted by molar-refractivity contribution is 0.523. The highest BCUT2D eigenvalue weighted by molar-refractivity contribution is 5.88. The first-order chi connectivity index (χ1) is 14.1. The number of rotatable bonds is 3. The molecule has 0 amide bonds. The summed E-state index contributed by atoms with van der Waals surface area (Å²) in [5, 5.41) is 2.53. The van der Waals surface area contributed by atoms with Gasteiger partial charge in [0.05, 0.1) is 0 Å². The van der Waals surface area contributed by atoms with Crippen LogP contribution in [0.25, 0.3) is 10.8 Å². The number of hydrogen-bond donors (Lipinski definition) is 0. The molecule has 1 unspecified atom stereocenters. The third-order valence-electron chi connectivity index (χ3n) is 6.09. The van der Waals surface area contributed by atoms with Crippen molar-refractivity contribution in [1.82, 2.24) is 0 Å². The Bertz CT molecular complexity index is 1190. The lowest BCUT2D eigenvalue weighted by Crippen LogP contribution is -2.24. The van der Waals surface area contributed by atoms with Crippen molar-refractivity contribution in [3.05, 3.63) is 120 Å². The van der Waals surface area contributed by atoms with Crippen LogP contribution in [-0.2, 0) is 0 Å². The van der Waals surface area contributed by atoms with Gasteiger partial charge in [-0.3, -0.25) is 0 Å². The maximum Gasteiger partial charge on any atom is 0.0467 e. The first-order valence-electron chi connectivity index (χ1n) is 10.3. The number of benzene rings is 3. The highest BCUT2D eigenvalue weighted by atomic mass is 15.1. The molecule has 3 aromatic carbocycles. The van der Waals surface area contributed by atoms with Crippen LogP contribution >= 0.6 is 0 Å². The summed E-state index contributed by atoms with van der Waals surface area (Å²) in [5.74, 6) is 0. The Morgan fingerprint density at radius 3 is 2.41 bits per heavy atom. The van der Waals surface area contributed by atoms with Gasteiger partial charge in [0, 0.05) is 22.5 Å². The van der Waals surface area contributed by atoms with Crippen molar-refractivity contribution in [2.24, 2.45) is 5.41 Å². The van der Waals surface area contributed by atoms with Gasteiger partial charge in [-0.1, -0.05) is 85.3 Å². The molecule has 1 atom stereocenters. The van der Waals surface area contributed by atoms with E-state index in [1.54, 1.807) is 0 Å². The summed E-state index contributed by atoms with van der Waals surface area (Å²) in [6, 6.07) is 24.1. The van der Waals surface area contributed by atoms with Crippen LogP contribution in [0.4, 0.5) is 11.4 Å². The first kappa shape index (κ1) is 17.8. The van der Waals surface area contributed by atoms with E-state index in [2.05, 4.69) is 122 Å². The third kappa shape index (κ3) is 3.23.